The smallest absolute Gasteiger partial charge is 0.307 e. The van der Waals surface area contributed by atoms with Crippen LogP contribution in [0.3, 0.4) is 0 Å². The lowest BCUT2D eigenvalue weighted by Crippen LogP contribution is -2.58. The number of fused-ring (bicyclic) bond motifs is 4. The quantitative estimate of drug-likeness (QED) is 0.229. The van der Waals surface area contributed by atoms with Crippen LogP contribution in [0.1, 0.15) is 70.2 Å². The van der Waals surface area contributed by atoms with Gasteiger partial charge in [-0.25, -0.2) is 35.9 Å². The van der Waals surface area contributed by atoms with Crippen molar-refractivity contribution in [1.82, 2.24) is 19.2 Å². The number of benzene rings is 2. The molecular weight excluding hydrogens is 777 g/mol. The molecule has 2 aliphatic heterocycles. The van der Waals surface area contributed by atoms with Crippen LogP contribution in [-0.4, -0.2) is 118 Å². The first kappa shape index (κ1) is 40.6. The number of thioether (sulfide) groups is 1. The highest BCUT2D eigenvalue weighted by Crippen LogP contribution is 2.40. The number of sulfonamides is 2. The molecule has 12 nitrogen and oxygen atoms in total. The molecule has 0 radical (unpaired) electrons. The Morgan fingerprint density at radius 2 is 1.04 bits per heavy atom. The molecule has 2 aromatic rings. The maximum absolute atomic E-state index is 12.6. The molecule has 2 aromatic carbocycles. The molecule has 0 aromatic heterocycles. The first-order valence-corrected chi connectivity index (χ1v) is 26.1. The van der Waals surface area contributed by atoms with Crippen LogP contribution < -0.4 is 20.1 Å². The van der Waals surface area contributed by atoms with Gasteiger partial charge >= 0.3 is 12.1 Å². The molecule has 2 fully saturated rings. The van der Waals surface area contributed by atoms with Crippen LogP contribution in [-0.2, 0) is 71.4 Å². The molecule has 302 valence electrons. The number of hydrogen-bond donors (Lipinski definition) is 4. The van der Waals surface area contributed by atoms with E-state index in [9.17, 15) is 26.4 Å². The van der Waals surface area contributed by atoms with Crippen LogP contribution in [0.5, 0.6) is 0 Å². The van der Waals surface area contributed by atoms with Crippen molar-refractivity contribution in [2.45, 2.75) is 87.5 Å². The van der Waals surface area contributed by atoms with Crippen molar-refractivity contribution in [2.24, 2.45) is 0 Å². The molecule has 8 rings (SSSR count). The summed E-state index contributed by atoms with van der Waals surface area (Å²) >= 11 is 1.75. The van der Waals surface area contributed by atoms with E-state index in [0.717, 1.165) is 113 Å². The minimum absolute atomic E-state index is 0.111. The van der Waals surface area contributed by atoms with Gasteiger partial charge < -0.3 is 10.6 Å². The minimum atomic E-state index is -3.66. The van der Waals surface area contributed by atoms with Crippen molar-refractivity contribution in [3.63, 3.8) is 0 Å². The molecule has 2 saturated heterocycles. The van der Waals surface area contributed by atoms with Crippen LogP contribution in [0.2, 0.25) is 0 Å². The molecule has 4 N–H and O–H groups in total. The van der Waals surface area contributed by atoms with E-state index in [0.29, 0.717) is 26.2 Å². The minimum Gasteiger partial charge on any atom is -0.307 e. The monoisotopic (exact) mass is 832 g/mol. The first-order chi connectivity index (χ1) is 26.3. The van der Waals surface area contributed by atoms with Gasteiger partial charge in [-0.05, 0) is 134 Å². The van der Waals surface area contributed by atoms with Gasteiger partial charge in [0.25, 0.3) is 0 Å². The second-order valence-corrected chi connectivity index (χ2v) is 22.8. The third-order valence-electron chi connectivity index (χ3n) is 12.0. The van der Waals surface area contributed by atoms with Gasteiger partial charge in [0.2, 0.25) is 20.0 Å². The molecule has 16 heteroatoms. The predicted molar refractivity (Wildman–Crippen MR) is 227 cm³/mol. The van der Waals surface area contributed by atoms with E-state index in [2.05, 4.69) is 54.1 Å². The summed E-state index contributed by atoms with van der Waals surface area (Å²) in [4.78, 5) is 29.3. The highest BCUT2D eigenvalue weighted by Gasteiger charge is 2.39. The molecule has 1 atom stereocenters. The summed E-state index contributed by atoms with van der Waals surface area (Å²) in [6.45, 7) is 3.72. The van der Waals surface area contributed by atoms with Gasteiger partial charge in [0.15, 0.2) is 0 Å². The average molecular weight is 833 g/mol. The van der Waals surface area contributed by atoms with Crippen molar-refractivity contribution in [1.29, 1.82) is 0 Å². The number of carbonyl (C=O) groups is 2. The van der Waals surface area contributed by atoms with Gasteiger partial charge in [-0.15, -0.1) is 0 Å². The maximum atomic E-state index is 12.6. The number of aryl methyl sites for hydroxylation is 4. The lowest BCUT2D eigenvalue weighted by molar-refractivity contribution is 0.196. The summed E-state index contributed by atoms with van der Waals surface area (Å²) in [5, 5.41) is 4.78. The van der Waals surface area contributed by atoms with E-state index >= 15 is 0 Å². The molecule has 4 amide bonds. The van der Waals surface area contributed by atoms with Gasteiger partial charge in [0, 0.05) is 62.1 Å². The van der Waals surface area contributed by atoms with Crippen molar-refractivity contribution in [3.05, 3.63) is 56.6 Å². The second-order valence-electron chi connectivity index (χ2n) is 15.9. The Hall–Kier alpha value is -2.63. The Balaban J connectivity index is 0.000000169. The van der Waals surface area contributed by atoms with Crippen LogP contribution in [0, 0.1) is 0 Å². The van der Waals surface area contributed by atoms with E-state index in [1.54, 1.807) is 11.8 Å². The summed E-state index contributed by atoms with van der Waals surface area (Å²) in [5.74, 6) is 5.95. The molecule has 0 bridgehead atoms. The van der Waals surface area contributed by atoms with Gasteiger partial charge in [-0.3, -0.25) is 9.80 Å². The topological polar surface area (TPSA) is 157 Å². The molecule has 6 aliphatic rings. The van der Waals surface area contributed by atoms with Crippen molar-refractivity contribution in [3.8, 4) is 0 Å². The number of rotatable bonds is 12. The molecule has 2 heterocycles. The molecule has 55 heavy (non-hydrogen) atoms. The Bertz CT molecular complexity index is 2000. The van der Waals surface area contributed by atoms with Crippen LogP contribution in [0.15, 0.2) is 12.1 Å². The summed E-state index contributed by atoms with van der Waals surface area (Å²) < 4.78 is 54.6. The van der Waals surface area contributed by atoms with Gasteiger partial charge in [0.05, 0.1) is 0 Å². The van der Waals surface area contributed by atoms with E-state index < -0.39 is 42.6 Å². The Morgan fingerprint density at radius 3 is 1.38 bits per heavy atom. The fraction of sp³-hybridized carbons (Fsp3) is 0.615. The zero-order chi connectivity index (χ0) is 38.9. The zero-order valence-electron chi connectivity index (χ0n) is 32.1. The number of hydrogen-bond acceptors (Lipinski definition) is 9. The Labute approximate surface area is 333 Å². The number of anilines is 2. The Morgan fingerprint density at radius 1 is 0.673 bits per heavy atom. The normalized spacial score (nSPS) is 19.9. The number of carbonyl (C=O) groups excluding carboxylic acids is 2. The van der Waals surface area contributed by atoms with Crippen molar-refractivity contribution >= 4 is 71.6 Å². The highest BCUT2D eigenvalue weighted by atomic mass is 32.2. The van der Waals surface area contributed by atoms with Gasteiger partial charge in [-0.1, -0.05) is 18.0 Å². The number of nitrogens with one attached hydrogen (secondary N) is 4. The lowest BCUT2D eigenvalue weighted by atomic mass is 9.99. The summed E-state index contributed by atoms with van der Waals surface area (Å²) in [7, 11) is -7.19. The number of likely N-dealkylation sites (tertiary alicyclic amines) is 2. The van der Waals surface area contributed by atoms with E-state index in [-0.39, 0.29) is 10.5 Å². The molecule has 4 aliphatic carbocycles. The molecule has 0 spiro atoms. The van der Waals surface area contributed by atoms with Crippen molar-refractivity contribution < 1.29 is 26.4 Å². The highest BCUT2D eigenvalue weighted by molar-refractivity contribution is 8.13. The number of amides is 4. The lowest BCUT2D eigenvalue weighted by Gasteiger charge is -2.38. The van der Waals surface area contributed by atoms with Crippen molar-refractivity contribution in [2.75, 3.05) is 73.9 Å². The third-order valence-corrected chi connectivity index (χ3v) is 16.7. The SMILES string of the molecule is C=S(C)CCN1CC(S(=O)(=O)NC(=O)Nc2c3c(cc4c2CCC4)CCC3)C1.CSCCN1CC(S(=O)(=O)NC(=O)Nc2c3c(cc4c2CCC4)CCC3)C1. The van der Waals surface area contributed by atoms with E-state index in [1.165, 1.54) is 44.5 Å². The third kappa shape index (κ3) is 9.25. The maximum Gasteiger partial charge on any atom is 0.332 e. The number of urea groups is 2. The second kappa shape index (κ2) is 17.1. The summed E-state index contributed by atoms with van der Waals surface area (Å²) in [6, 6.07) is 3.34. The predicted octanol–water partition coefficient (Wildman–Crippen LogP) is 4.29. The Kier molecular flexibility index (Phi) is 12.6. The summed E-state index contributed by atoms with van der Waals surface area (Å²) in [5.41, 5.74) is 11.8. The van der Waals surface area contributed by atoms with Gasteiger partial charge in [0.1, 0.15) is 10.5 Å². The fourth-order valence-electron chi connectivity index (χ4n) is 8.95. The fourth-order valence-corrected chi connectivity index (χ4v) is 12.5. The average Bonchev–Trinajstić information content (AvgIpc) is 3.90. The number of nitrogens with zero attached hydrogens (tertiary/aromatic N) is 2. The van der Waals surface area contributed by atoms with E-state index in [4.69, 9.17) is 0 Å². The molecule has 1 unspecified atom stereocenters. The van der Waals surface area contributed by atoms with Gasteiger partial charge in [-0.2, -0.15) is 22.2 Å². The first-order valence-electron chi connectivity index (χ1n) is 19.7. The summed E-state index contributed by atoms with van der Waals surface area (Å²) in [6.07, 6.45) is 16.5. The largest absolute Gasteiger partial charge is 0.332 e. The van der Waals surface area contributed by atoms with Crippen LogP contribution in [0.25, 0.3) is 0 Å². The zero-order valence-corrected chi connectivity index (χ0v) is 35.4. The molecule has 0 saturated carbocycles. The van der Waals surface area contributed by atoms with Crippen LogP contribution in [0.4, 0.5) is 21.0 Å². The standard InChI is InChI=1S/C20H29N3O3S2.C19H27N3O3S2/c1-27(2)10-9-23-12-16(13-23)28(25,26)22-20(24)21-19-17-7-3-5-14(17)11-15-6-4-8-18(15)19;1-26-9-8-22-11-15(12-22)27(24,25)21-19(23)20-18-16-6-2-4-13(16)10-14-5-3-7-17(14)18/h11,16H,1,3-10,12-13H2,2H3,(H2,21,22,24);10,15H,2-9,11-12H2,1H3,(H2,20,21,23). The van der Waals surface area contributed by atoms with E-state index in [1.807, 2.05) is 6.26 Å². The van der Waals surface area contributed by atoms with Crippen LogP contribution >= 0.6 is 22.2 Å². The molecular formula is C39H56N6O6S4.